The van der Waals surface area contributed by atoms with Crippen LogP contribution in [0.5, 0.6) is 0 Å². The van der Waals surface area contributed by atoms with Crippen molar-refractivity contribution in [2.75, 3.05) is 0 Å². The van der Waals surface area contributed by atoms with E-state index in [-0.39, 0.29) is 5.56 Å². The van der Waals surface area contributed by atoms with Crippen LogP contribution in [0.4, 0.5) is 17.6 Å². The van der Waals surface area contributed by atoms with E-state index in [0.717, 1.165) is 43.9 Å². The summed E-state index contributed by atoms with van der Waals surface area (Å²) in [6.07, 6.45) is 0.0127. The molecular formula is C16H23F4N. The molecule has 0 aliphatic rings. The monoisotopic (exact) mass is 305 g/mol. The first-order valence-electron chi connectivity index (χ1n) is 7.41. The van der Waals surface area contributed by atoms with Crippen LogP contribution < -0.4 is 5.73 Å². The molecule has 1 nitrogen and oxygen atoms in total. The van der Waals surface area contributed by atoms with Gasteiger partial charge in [-0.15, -0.1) is 0 Å². The van der Waals surface area contributed by atoms with E-state index in [0.29, 0.717) is 12.3 Å². The maximum atomic E-state index is 13.8. The summed E-state index contributed by atoms with van der Waals surface area (Å²) in [6.45, 7) is 4.11. The summed E-state index contributed by atoms with van der Waals surface area (Å²) in [5.74, 6) is -0.352. The average Bonchev–Trinajstić information content (AvgIpc) is 2.42. The predicted octanol–water partition coefficient (Wildman–Crippen LogP) is 5.45. The molecular weight excluding hydrogens is 282 g/mol. The Balaban J connectivity index is 2.88. The number of rotatable bonds is 7. The molecule has 0 radical (unpaired) electrons. The number of hydrogen-bond acceptors (Lipinski definition) is 1. The SMILES string of the molecule is CCCCC(CC)CC(N)c1cc(C(F)(F)F)ccc1F. The van der Waals surface area contributed by atoms with Crippen LogP contribution in [0, 0.1) is 11.7 Å². The van der Waals surface area contributed by atoms with Gasteiger partial charge in [0, 0.05) is 11.6 Å². The van der Waals surface area contributed by atoms with E-state index >= 15 is 0 Å². The molecule has 0 aromatic heterocycles. The Morgan fingerprint density at radius 1 is 1.19 bits per heavy atom. The molecule has 0 saturated carbocycles. The van der Waals surface area contributed by atoms with E-state index < -0.39 is 23.6 Å². The zero-order chi connectivity index (χ0) is 16.0. The smallest absolute Gasteiger partial charge is 0.324 e. The zero-order valence-electron chi connectivity index (χ0n) is 12.5. The summed E-state index contributed by atoms with van der Waals surface area (Å²) < 4.78 is 51.9. The lowest BCUT2D eigenvalue weighted by atomic mass is 9.89. The summed E-state index contributed by atoms with van der Waals surface area (Å²) in [6, 6.07) is 1.74. The Labute approximate surface area is 123 Å². The molecule has 0 spiro atoms. The lowest BCUT2D eigenvalue weighted by Crippen LogP contribution is -2.18. The fourth-order valence-electron chi connectivity index (χ4n) is 2.47. The molecule has 1 aromatic carbocycles. The molecule has 2 atom stereocenters. The van der Waals surface area contributed by atoms with Gasteiger partial charge in [-0.1, -0.05) is 39.5 Å². The first-order chi connectivity index (χ1) is 9.79. The predicted molar refractivity (Wildman–Crippen MR) is 76.3 cm³/mol. The van der Waals surface area contributed by atoms with Crippen LogP contribution in [-0.4, -0.2) is 0 Å². The number of nitrogens with two attached hydrogens (primary N) is 1. The molecule has 0 aliphatic heterocycles. The van der Waals surface area contributed by atoms with E-state index in [4.69, 9.17) is 5.73 Å². The van der Waals surface area contributed by atoms with Gasteiger partial charge in [0.15, 0.2) is 0 Å². The van der Waals surface area contributed by atoms with Crippen LogP contribution in [0.3, 0.4) is 0 Å². The van der Waals surface area contributed by atoms with E-state index in [1.54, 1.807) is 0 Å². The van der Waals surface area contributed by atoms with E-state index in [1.165, 1.54) is 0 Å². The second-order valence-corrected chi connectivity index (χ2v) is 5.49. The Morgan fingerprint density at radius 2 is 1.86 bits per heavy atom. The number of unbranched alkanes of at least 4 members (excludes halogenated alkanes) is 1. The van der Waals surface area contributed by atoms with Crippen molar-refractivity contribution < 1.29 is 17.6 Å². The Morgan fingerprint density at radius 3 is 2.38 bits per heavy atom. The highest BCUT2D eigenvalue weighted by atomic mass is 19.4. The highest BCUT2D eigenvalue weighted by Gasteiger charge is 2.31. The van der Waals surface area contributed by atoms with Crippen molar-refractivity contribution in [1.82, 2.24) is 0 Å². The van der Waals surface area contributed by atoms with Crippen LogP contribution in [-0.2, 0) is 6.18 Å². The standard InChI is InChI=1S/C16H23F4N/c1-3-5-6-11(4-2)9-15(21)13-10-12(16(18,19)20)7-8-14(13)17/h7-8,10-11,15H,3-6,9,21H2,1-2H3. The Hall–Kier alpha value is -1.10. The molecule has 0 bridgehead atoms. The van der Waals surface area contributed by atoms with Gasteiger partial charge in [0.25, 0.3) is 0 Å². The molecule has 2 N–H and O–H groups in total. The van der Waals surface area contributed by atoms with Gasteiger partial charge in [-0.3, -0.25) is 0 Å². The maximum absolute atomic E-state index is 13.8. The van der Waals surface area contributed by atoms with Gasteiger partial charge in [0.2, 0.25) is 0 Å². The summed E-state index contributed by atoms with van der Waals surface area (Å²) in [7, 11) is 0. The number of halogens is 4. The van der Waals surface area contributed by atoms with Crippen molar-refractivity contribution in [3.05, 3.63) is 35.1 Å². The summed E-state index contributed by atoms with van der Waals surface area (Å²) in [5, 5.41) is 0. The largest absolute Gasteiger partial charge is 0.416 e. The van der Waals surface area contributed by atoms with Gasteiger partial charge in [-0.2, -0.15) is 13.2 Å². The second kappa shape index (κ2) is 7.78. The van der Waals surface area contributed by atoms with Gasteiger partial charge < -0.3 is 5.73 Å². The highest BCUT2D eigenvalue weighted by Crippen LogP contribution is 2.33. The van der Waals surface area contributed by atoms with E-state index in [9.17, 15) is 17.6 Å². The van der Waals surface area contributed by atoms with E-state index in [1.807, 2.05) is 6.92 Å². The van der Waals surface area contributed by atoms with Gasteiger partial charge in [-0.25, -0.2) is 4.39 Å². The fraction of sp³-hybridized carbons (Fsp3) is 0.625. The lowest BCUT2D eigenvalue weighted by molar-refractivity contribution is -0.137. The molecule has 1 aromatic rings. The van der Waals surface area contributed by atoms with Gasteiger partial charge in [-0.05, 0) is 30.5 Å². The zero-order valence-corrected chi connectivity index (χ0v) is 12.5. The third-order valence-electron chi connectivity index (χ3n) is 3.85. The van der Waals surface area contributed by atoms with E-state index in [2.05, 4.69) is 6.92 Å². The molecule has 1 rings (SSSR count). The van der Waals surface area contributed by atoms with Gasteiger partial charge in [0.05, 0.1) is 5.56 Å². The lowest BCUT2D eigenvalue weighted by Gasteiger charge is -2.21. The van der Waals surface area contributed by atoms with Crippen LogP contribution in [0.15, 0.2) is 18.2 Å². The molecule has 5 heteroatoms. The number of hydrogen-bond donors (Lipinski definition) is 1. The third-order valence-corrected chi connectivity index (χ3v) is 3.85. The molecule has 0 aliphatic carbocycles. The fourth-order valence-corrected chi connectivity index (χ4v) is 2.47. The molecule has 21 heavy (non-hydrogen) atoms. The minimum absolute atomic E-state index is 0.0419. The van der Waals surface area contributed by atoms with Crippen LogP contribution >= 0.6 is 0 Å². The molecule has 0 saturated heterocycles. The third kappa shape index (κ3) is 5.30. The summed E-state index contributed by atoms with van der Waals surface area (Å²) in [5.41, 5.74) is 5.06. The van der Waals surface area contributed by atoms with Crippen molar-refractivity contribution in [2.45, 2.75) is 58.2 Å². The summed E-state index contributed by atoms with van der Waals surface area (Å²) >= 11 is 0. The number of benzene rings is 1. The van der Waals surface area contributed by atoms with Crippen molar-refractivity contribution in [3.8, 4) is 0 Å². The summed E-state index contributed by atoms with van der Waals surface area (Å²) in [4.78, 5) is 0. The maximum Gasteiger partial charge on any atom is 0.416 e. The average molecular weight is 305 g/mol. The van der Waals surface area contributed by atoms with Gasteiger partial charge >= 0.3 is 6.18 Å². The minimum atomic E-state index is -4.48. The van der Waals surface area contributed by atoms with Crippen molar-refractivity contribution in [1.29, 1.82) is 0 Å². The van der Waals surface area contributed by atoms with Gasteiger partial charge in [0.1, 0.15) is 5.82 Å². The Kier molecular flexibility index (Phi) is 6.65. The van der Waals surface area contributed by atoms with Crippen LogP contribution in [0.25, 0.3) is 0 Å². The first-order valence-corrected chi connectivity index (χ1v) is 7.41. The molecule has 0 heterocycles. The first kappa shape index (κ1) is 18.0. The van der Waals surface area contributed by atoms with Crippen LogP contribution in [0.2, 0.25) is 0 Å². The molecule has 120 valence electrons. The molecule has 2 unspecified atom stereocenters. The normalized spacial score (nSPS) is 15.0. The van der Waals surface area contributed by atoms with Crippen molar-refractivity contribution in [3.63, 3.8) is 0 Å². The topological polar surface area (TPSA) is 26.0 Å². The highest BCUT2D eigenvalue weighted by molar-refractivity contribution is 5.29. The Bertz CT molecular complexity index is 442. The van der Waals surface area contributed by atoms with Crippen molar-refractivity contribution in [2.24, 2.45) is 11.7 Å². The number of alkyl halides is 3. The quantitative estimate of drug-likeness (QED) is 0.666. The second-order valence-electron chi connectivity index (χ2n) is 5.49. The molecule has 0 amide bonds. The molecule has 0 fully saturated rings. The van der Waals surface area contributed by atoms with Crippen LogP contribution in [0.1, 0.15) is 63.1 Å². The van der Waals surface area contributed by atoms with Crippen molar-refractivity contribution >= 4 is 0 Å². The minimum Gasteiger partial charge on any atom is -0.324 e.